The van der Waals surface area contributed by atoms with E-state index >= 15 is 0 Å². The summed E-state index contributed by atoms with van der Waals surface area (Å²) < 4.78 is 19.9. The number of halogens is 1. The van der Waals surface area contributed by atoms with Crippen molar-refractivity contribution in [1.29, 1.82) is 0 Å². The Morgan fingerprint density at radius 2 is 2.15 bits per heavy atom. The largest absolute Gasteiger partial charge is 0.341 e. The van der Waals surface area contributed by atoms with E-state index in [4.69, 9.17) is 4.52 Å². The van der Waals surface area contributed by atoms with Crippen molar-refractivity contribution in [3.63, 3.8) is 0 Å². The van der Waals surface area contributed by atoms with E-state index in [9.17, 15) is 9.18 Å². The van der Waals surface area contributed by atoms with Gasteiger partial charge >= 0.3 is 0 Å². The fourth-order valence-corrected chi connectivity index (χ4v) is 3.33. The van der Waals surface area contributed by atoms with E-state index in [1.807, 2.05) is 11.0 Å². The zero-order valence-corrected chi connectivity index (χ0v) is 14.8. The number of hydrogen-bond acceptors (Lipinski definition) is 5. The molecule has 140 valence electrons. The normalized spacial score (nSPS) is 16.8. The minimum atomic E-state index is -0.300. The molecule has 3 aromatic rings. The van der Waals surface area contributed by atoms with Crippen molar-refractivity contribution in [1.82, 2.24) is 24.8 Å². The zero-order valence-electron chi connectivity index (χ0n) is 14.8. The smallest absolute Gasteiger partial charge is 0.257 e. The number of aryl methyl sites for hydroxylation is 1. The SMILES string of the molecule is O=C(Cn1cccn1)N1CCC(CCc2noc(-c3ccc(F)cc3)n2)C1. The highest BCUT2D eigenvalue weighted by molar-refractivity contribution is 5.76. The molecule has 1 atom stereocenters. The molecule has 7 nitrogen and oxygen atoms in total. The molecule has 0 aliphatic carbocycles. The summed E-state index contributed by atoms with van der Waals surface area (Å²) in [5.41, 5.74) is 0.700. The Hall–Kier alpha value is -3.03. The maximum Gasteiger partial charge on any atom is 0.257 e. The van der Waals surface area contributed by atoms with Gasteiger partial charge in [-0.3, -0.25) is 9.48 Å². The molecule has 27 heavy (non-hydrogen) atoms. The van der Waals surface area contributed by atoms with Crippen LogP contribution in [0.1, 0.15) is 18.7 Å². The molecule has 1 unspecified atom stereocenters. The van der Waals surface area contributed by atoms with Crippen LogP contribution in [0.4, 0.5) is 4.39 Å². The van der Waals surface area contributed by atoms with Crippen LogP contribution in [-0.4, -0.2) is 43.8 Å². The number of carbonyl (C=O) groups is 1. The van der Waals surface area contributed by atoms with Crippen LogP contribution >= 0.6 is 0 Å². The second-order valence-electron chi connectivity index (χ2n) is 6.76. The Morgan fingerprint density at radius 1 is 1.30 bits per heavy atom. The summed E-state index contributed by atoms with van der Waals surface area (Å²) in [5, 5.41) is 8.08. The highest BCUT2D eigenvalue weighted by Gasteiger charge is 2.26. The first-order valence-corrected chi connectivity index (χ1v) is 9.01. The Labute approximate surface area is 155 Å². The van der Waals surface area contributed by atoms with Gasteiger partial charge in [0, 0.05) is 37.5 Å². The van der Waals surface area contributed by atoms with Crippen LogP contribution in [0.15, 0.2) is 47.2 Å². The summed E-state index contributed by atoms with van der Waals surface area (Å²) in [7, 11) is 0. The van der Waals surface area contributed by atoms with E-state index in [-0.39, 0.29) is 18.3 Å². The summed E-state index contributed by atoms with van der Waals surface area (Å²) in [5.74, 6) is 1.26. The average Bonchev–Trinajstić information content (AvgIpc) is 3.42. The standard InChI is InChI=1S/C19H20FN5O2/c20-16-5-3-15(4-6-16)19-22-17(23-27-19)7-2-14-8-11-24(12-14)18(26)13-25-10-1-9-21-25/h1,3-6,9-10,14H,2,7-8,11-13H2. The fourth-order valence-electron chi connectivity index (χ4n) is 3.33. The number of rotatable bonds is 6. The van der Waals surface area contributed by atoms with Gasteiger partial charge in [0.2, 0.25) is 5.91 Å². The third kappa shape index (κ3) is 4.21. The summed E-state index contributed by atoms with van der Waals surface area (Å²) in [6, 6.07) is 7.78. The number of amides is 1. The number of hydrogen-bond donors (Lipinski definition) is 0. The third-order valence-electron chi connectivity index (χ3n) is 4.83. The van der Waals surface area contributed by atoms with Crippen LogP contribution < -0.4 is 0 Å². The lowest BCUT2D eigenvalue weighted by molar-refractivity contribution is -0.131. The molecule has 4 rings (SSSR count). The predicted molar refractivity (Wildman–Crippen MR) is 94.9 cm³/mol. The molecule has 1 amide bonds. The van der Waals surface area contributed by atoms with Gasteiger partial charge in [0.15, 0.2) is 5.82 Å². The molecule has 2 aromatic heterocycles. The minimum Gasteiger partial charge on any atom is -0.341 e. The molecular weight excluding hydrogens is 349 g/mol. The van der Waals surface area contributed by atoms with E-state index in [1.165, 1.54) is 12.1 Å². The lowest BCUT2D eigenvalue weighted by Crippen LogP contribution is -2.32. The van der Waals surface area contributed by atoms with Crippen molar-refractivity contribution in [3.8, 4) is 11.5 Å². The van der Waals surface area contributed by atoms with E-state index in [0.29, 0.717) is 29.6 Å². The Morgan fingerprint density at radius 3 is 2.93 bits per heavy atom. The number of likely N-dealkylation sites (tertiary alicyclic amines) is 1. The summed E-state index contributed by atoms with van der Waals surface area (Å²) in [4.78, 5) is 18.6. The number of nitrogens with zero attached hydrogens (tertiary/aromatic N) is 5. The number of carbonyl (C=O) groups excluding carboxylic acids is 1. The highest BCUT2D eigenvalue weighted by Crippen LogP contribution is 2.23. The molecular formula is C19H20FN5O2. The van der Waals surface area contributed by atoms with Crippen molar-refractivity contribution in [3.05, 3.63) is 54.4 Å². The number of aromatic nitrogens is 4. The van der Waals surface area contributed by atoms with Crippen LogP contribution in [-0.2, 0) is 17.8 Å². The van der Waals surface area contributed by atoms with Crippen LogP contribution in [0.5, 0.6) is 0 Å². The van der Waals surface area contributed by atoms with Crippen LogP contribution in [0.2, 0.25) is 0 Å². The molecule has 0 N–H and O–H groups in total. The molecule has 0 radical (unpaired) electrons. The van der Waals surface area contributed by atoms with Crippen LogP contribution in [0.25, 0.3) is 11.5 Å². The van der Waals surface area contributed by atoms with Crippen LogP contribution in [0, 0.1) is 11.7 Å². The molecule has 1 aliphatic heterocycles. The molecule has 1 aliphatic rings. The monoisotopic (exact) mass is 369 g/mol. The van der Waals surface area contributed by atoms with Gasteiger partial charge in [-0.05, 0) is 49.1 Å². The molecule has 0 bridgehead atoms. The average molecular weight is 369 g/mol. The quantitative estimate of drug-likeness (QED) is 0.667. The highest BCUT2D eigenvalue weighted by atomic mass is 19.1. The second-order valence-corrected chi connectivity index (χ2v) is 6.76. The summed E-state index contributed by atoms with van der Waals surface area (Å²) >= 11 is 0. The van der Waals surface area contributed by atoms with Crippen molar-refractivity contribution < 1.29 is 13.7 Å². The van der Waals surface area contributed by atoms with Gasteiger partial charge in [0.05, 0.1) is 0 Å². The van der Waals surface area contributed by atoms with Gasteiger partial charge in [0.1, 0.15) is 12.4 Å². The predicted octanol–water partition coefficient (Wildman–Crippen LogP) is 2.55. The van der Waals surface area contributed by atoms with Gasteiger partial charge in [-0.2, -0.15) is 10.1 Å². The zero-order chi connectivity index (χ0) is 18.6. The van der Waals surface area contributed by atoms with Gasteiger partial charge in [-0.1, -0.05) is 5.16 Å². The summed E-state index contributed by atoms with van der Waals surface area (Å²) in [6.45, 7) is 1.81. The molecule has 3 heterocycles. The first kappa shape index (κ1) is 17.4. The Bertz CT molecular complexity index is 891. The molecule has 0 saturated carbocycles. The van der Waals surface area contributed by atoms with Crippen molar-refractivity contribution in [2.45, 2.75) is 25.8 Å². The minimum absolute atomic E-state index is 0.0966. The lowest BCUT2D eigenvalue weighted by atomic mass is 10.0. The van der Waals surface area contributed by atoms with Gasteiger partial charge < -0.3 is 9.42 Å². The Kier molecular flexibility index (Phi) is 4.95. The van der Waals surface area contributed by atoms with E-state index in [2.05, 4.69) is 15.2 Å². The van der Waals surface area contributed by atoms with Gasteiger partial charge in [-0.25, -0.2) is 4.39 Å². The third-order valence-corrected chi connectivity index (χ3v) is 4.83. The van der Waals surface area contributed by atoms with Gasteiger partial charge in [0.25, 0.3) is 5.89 Å². The molecule has 1 fully saturated rings. The molecule has 1 aromatic carbocycles. The van der Waals surface area contributed by atoms with E-state index < -0.39 is 0 Å². The van der Waals surface area contributed by atoms with E-state index in [0.717, 1.165) is 25.9 Å². The molecule has 1 saturated heterocycles. The molecule has 0 spiro atoms. The maximum absolute atomic E-state index is 13.0. The van der Waals surface area contributed by atoms with E-state index in [1.54, 1.807) is 29.2 Å². The van der Waals surface area contributed by atoms with Crippen molar-refractivity contribution in [2.75, 3.05) is 13.1 Å². The first-order chi connectivity index (χ1) is 13.2. The Balaban J connectivity index is 1.27. The number of benzene rings is 1. The first-order valence-electron chi connectivity index (χ1n) is 9.01. The van der Waals surface area contributed by atoms with Crippen LogP contribution in [0.3, 0.4) is 0 Å². The van der Waals surface area contributed by atoms with Gasteiger partial charge in [-0.15, -0.1) is 0 Å². The maximum atomic E-state index is 13.0. The fraction of sp³-hybridized carbons (Fsp3) is 0.368. The van der Waals surface area contributed by atoms with Crippen molar-refractivity contribution in [2.24, 2.45) is 5.92 Å². The molecule has 8 heteroatoms. The summed E-state index contributed by atoms with van der Waals surface area (Å²) in [6.07, 6.45) is 6.03. The van der Waals surface area contributed by atoms with Crippen molar-refractivity contribution >= 4 is 5.91 Å². The topological polar surface area (TPSA) is 77.0 Å². The second kappa shape index (κ2) is 7.69. The lowest BCUT2D eigenvalue weighted by Gasteiger charge is -2.16.